The van der Waals surface area contributed by atoms with Gasteiger partial charge in [0.25, 0.3) is 0 Å². The van der Waals surface area contributed by atoms with E-state index in [1.54, 1.807) is 4.90 Å². The van der Waals surface area contributed by atoms with Crippen molar-refractivity contribution in [1.82, 2.24) is 10.2 Å². The highest BCUT2D eigenvalue weighted by Gasteiger charge is 2.25. The molecule has 0 aromatic carbocycles. The van der Waals surface area contributed by atoms with E-state index in [1.165, 1.54) is 0 Å². The SMILES string of the molecule is CN1CCC(NC(C)(C)C)CC1=O. The third-order valence-corrected chi connectivity index (χ3v) is 2.30. The van der Waals surface area contributed by atoms with E-state index in [-0.39, 0.29) is 11.4 Å². The van der Waals surface area contributed by atoms with E-state index in [2.05, 4.69) is 26.1 Å². The van der Waals surface area contributed by atoms with E-state index in [0.29, 0.717) is 12.5 Å². The summed E-state index contributed by atoms with van der Waals surface area (Å²) in [5.74, 6) is 0.257. The van der Waals surface area contributed by atoms with Gasteiger partial charge in [0.2, 0.25) is 5.91 Å². The predicted molar refractivity (Wildman–Crippen MR) is 53.5 cm³/mol. The molecule has 1 aliphatic rings. The fraction of sp³-hybridized carbons (Fsp3) is 0.900. The van der Waals surface area contributed by atoms with Crippen LogP contribution in [0.5, 0.6) is 0 Å². The fourth-order valence-electron chi connectivity index (χ4n) is 1.68. The molecule has 3 heteroatoms. The average Bonchev–Trinajstić information content (AvgIpc) is 1.94. The van der Waals surface area contributed by atoms with Gasteiger partial charge in [0.15, 0.2) is 0 Å². The lowest BCUT2D eigenvalue weighted by Crippen LogP contribution is -2.50. The van der Waals surface area contributed by atoms with Crippen LogP contribution in [0.2, 0.25) is 0 Å². The standard InChI is InChI=1S/C10H20N2O/c1-10(2,3)11-8-5-6-12(4)9(13)7-8/h8,11H,5-7H2,1-4H3. The molecule has 1 atom stereocenters. The minimum Gasteiger partial charge on any atom is -0.346 e. The Morgan fingerprint density at radius 1 is 1.46 bits per heavy atom. The summed E-state index contributed by atoms with van der Waals surface area (Å²) in [6, 6.07) is 0.365. The molecule has 0 aromatic heterocycles. The molecular formula is C10H20N2O. The van der Waals surface area contributed by atoms with Gasteiger partial charge in [-0.1, -0.05) is 0 Å². The first-order valence-corrected chi connectivity index (χ1v) is 4.90. The Balaban J connectivity index is 2.42. The monoisotopic (exact) mass is 184 g/mol. The molecule has 0 aliphatic carbocycles. The smallest absolute Gasteiger partial charge is 0.223 e. The van der Waals surface area contributed by atoms with E-state index >= 15 is 0 Å². The third-order valence-electron chi connectivity index (χ3n) is 2.30. The van der Waals surface area contributed by atoms with E-state index < -0.39 is 0 Å². The van der Waals surface area contributed by atoms with Gasteiger partial charge in [0, 0.05) is 31.6 Å². The summed E-state index contributed by atoms with van der Waals surface area (Å²) in [5, 5.41) is 3.46. The zero-order valence-corrected chi connectivity index (χ0v) is 9.05. The number of nitrogens with one attached hydrogen (secondary N) is 1. The van der Waals surface area contributed by atoms with Crippen molar-refractivity contribution < 1.29 is 4.79 Å². The highest BCUT2D eigenvalue weighted by molar-refractivity contribution is 5.77. The summed E-state index contributed by atoms with van der Waals surface area (Å²) < 4.78 is 0. The zero-order valence-electron chi connectivity index (χ0n) is 9.05. The molecule has 76 valence electrons. The molecule has 1 rings (SSSR count). The highest BCUT2D eigenvalue weighted by Crippen LogP contribution is 2.13. The van der Waals surface area contributed by atoms with Crippen molar-refractivity contribution in [2.45, 2.75) is 45.2 Å². The molecule has 1 N–H and O–H groups in total. The largest absolute Gasteiger partial charge is 0.346 e. The second kappa shape index (κ2) is 3.66. The average molecular weight is 184 g/mol. The number of nitrogens with zero attached hydrogens (tertiary/aromatic N) is 1. The quantitative estimate of drug-likeness (QED) is 0.659. The van der Waals surface area contributed by atoms with E-state index in [4.69, 9.17) is 0 Å². The number of hydrogen-bond donors (Lipinski definition) is 1. The van der Waals surface area contributed by atoms with Crippen molar-refractivity contribution in [2.75, 3.05) is 13.6 Å². The van der Waals surface area contributed by atoms with Crippen molar-refractivity contribution in [3.8, 4) is 0 Å². The van der Waals surface area contributed by atoms with Gasteiger partial charge in [-0.15, -0.1) is 0 Å². The fourth-order valence-corrected chi connectivity index (χ4v) is 1.68. The van der Waals surface area contributed by atoms with E-state index in [0.717, 1.165) is 13.0 Å². The summed E-state index contributed by atoms with van der Waals surface area (Å²) >= 11 is 0. The second-order valence-electron chi connectivity index (χ2n) is 4.90. The minimum atomic E-state index is 0.112. The van der Waals surface area contributed by atoms with Gasteiger partial charge in [-0.2, -0.15) is 0 Å². The molecule has 0 bridgehead atoms. The van der Waals surface area contributed by atoms with Gasteiger partial charge in [-0.05, 0) is 27.2 Å². The second-order valence-corrected chi connectivity index (χ2v) is 4.90. The molecule has 0 radical (unpaired) electrons. The normalized spacial score (nSPS) is 25.1. The Hall–Kier alpha value is -0.570. The lowest BCUT2D eigenvalue weighted by Gasteiger charge is -2.34. The number of amides is 1. The van der Waals surface area contributed by atoms with Crippen LogP contribution in [0.25, 0.3) is 0 Å². The van der Waals surface area contributed by atoms with Crippen LogP contribution in [0.15, 0.2) is 0 Å². The van der Waals surface area contributed by atoms with Crippen molar-refractivity contribution in [2.24, 2.45) is 0 Å². The van der Waals surface area contributed by atoms with Gasteiger partial charge < -0.3 is 10.2 Å². The maximum atomic E-state index is 11.4. The summed E-state index contributed by atoms with van der Waals surface area (Å²) in [7, 11) is 1.87. The van der Waals surface area contributed by atoms with Crippen LogP contribution >= 0.6 is 0 Å². The summed E-state index contributed by atoms with van der Waals surface area (Å²) in [5.41, 5.74) is 0.112. The van der Waals surface area contributed by atoms with Crippen molar-refractivity contribution >= 4 is 5.91 Å². The van der Waals surface area contributed by atoms with Gasteiger partial charge in [-0.3, -0.25) is 4.79 Å². The van der Waals surface area contributed by atoms with Gasteiger partial charge in [0.1, 0.15) is 0 Å². The molecule has 1 unspecified atom stereocenters. The molecule has 1 fully saturated rings. The molecule has 1 amide bonds. The molecule has 1 aliphatic heterocycles. The van der Waals surface area contributed by atoms with Gasteiger partial charge in [-0.25, -0.2) is 0 Å². The molecular weight excluding hydrogens is 164 g/mol. The van der Waals surface area contributed by atoms with Crippen molar-refractivity contribution in [3.05, 3.63) is 0 Å². The van der Waals surface area contributed by atoms with Crippen LogP contribution in [-0.2, 0) is 4.79 Å². The topological polar surface area (TPSA) is 32.3 Å². The number of likely N-dealkylation sites (tertiary alicyclic amines) is 1. The number of hydrogen-bond acceptors (Lipinski definition) is 2. The maximum Gasteiger partial charge on any atom is 0.223 e. The maximum absolute atomic E-state index is 11.4. The number of carbonyl (C=O) groups is 1. The molecule has 0 spiro atoms. The molecule has 1 saturated heterocycles. The van der Waals surface area contributed by atoms with Gasteiger partial charge >= 0.3 is 0 Å². The number of carbonyl (C=O) groups excluding carboxylic acids is 1. The number of rotatable bonds is 1. The van der Waals surface area contributed by atoms with Crippen LogP contribution in [-0.4, -0.2) is 36.0 Å². The summed E-state index contributed by atoms with van der Waals surface area (Å²) in [6.07, 6.45) is 1.72. The van der Waals surface area contributed by atoms with Crippen LogP contribution < -0.4 is 5.32 Å². The first-order chi connectivity index (χ1) is 5.88. The summed E-state index contributed by atoms with van der Waals surface area (Å²) in [4.78, 5) is 13.2. The lowest BCUT2D eigenvalue weighted by molar-refractivity contribution is -0.132. The van der Waals surface area contributed by atoms with Crippen LogP contribution in [0.1, 0.15) is 33.6 Å². The highest BCUT2D eigenvalue weighted by atomic mass is 16.2. The molecule has 0 aromatic rings. The molecule has 1 heterocycles. The first kappa shape index (κ1) is 10.5. The molecule has 13 heavy (non-hydrogen) atoms. The Morgan fingerprint density at radius 3 is 2.54 bits per heavy atom. The van der Waals surface area contributed by atoms with Crippen molar-refractivity contribution in [3.63, 3.8) is 0 Å². The zero-order chi connectivity index (χ0) is 10.1. The Kier molecular flexibility index (Phi) is 2.96. The van der Waals surface area contributed by atoms with Crippen LogP contribution in [0, 0.1) is 0 Å². The Labute approximate surface area is 80.5 Å². The van der Waals surface area contributed by atoms with Crippen LogP contribution in [0.4, 0.5) is 0 Å². The summed E-state index contributed by atoms with van der Waals surface area (Å²) in [6.45, 7) is 7.29. The van der Waals surface area contributed by atoms with E-state index in [1.807, 2.05) is 7.05 Å². The third kappa shape index (κ3) is 3.35. The lowest BCUT2D eigenvalue weighted by atomic mass is 10.00. The molecule has 3 nitrogen and oxygen atoms in total. The van der Waals surface area contributed by atoms with Crippen molar-refractivity contribution in [1.29, 1.82) is 0 Å². The number of piperidine rings is 1. The minimum absolute atomic E-state index is 0.112. The Morgan fingerprint density at radius 2 is 2.08 bits per heavy atom. The van der Waals surface area contributed by atoms with Gasteiger partial charge in [0.05, 0.1) is 0 Å². The first-order valence-electron chi connectivity index (χ1n) is 4.90. The Bertz CT molecular complexity index is 196. The molecule has 0 saturated carbocycles. The van der Waals surface area contributed by atoms with E-state index in [9.17, 15) is 4.79 Å². The predicted octanol–water partition coefficient (Wildman–Crippen LogP) is 0.995. The van der Waals surface area contributed by atoms with Crippen LogP contribution in [0.3, 0.4) is 0 Å².